The molecule has 0 aromatic carbocycles. The SMILES string of the molecule is CCCCCCCCN1SCCC1C=O. The minimum absolute atomic E-state index is 0.200. The summed E-state index contributed by atoms with van der Waals surface area (Å²) in [6.45, 7) is 3.34. The van der Waals surface area contributed by atoms with Crippen molar-refractivity contribution in [2.45, 2.75) is 57.9 Å². The summed E-state index contributed by atoms with van der Waals surface area (Å²) in [4.78, 5) is 10.7. The molecule has 1 rings (SSSR count). The molecule has 0 amide bonds. The van der Waals surface area contributed by atoms with Gasteiger partial charge in [-0.15, -0.1) is 0 Å². The summed E-state index contributed by atoms with van der Waals surface area (Å²) in [6, 6.07) is 0.200. The standard InChI is InChI=1S/C12H23NOS/c1-2-3-4-5-6-7-9-13-12(11-14)8-10-15-13/h11-12H,2-10H2,1H3. The van der Waals surface area contributed by atoms with E-state index in [-0.39, 0.29) is 6.04 Å². The van der Waals surface area contributed by atoms with Crippen LogP contribution in [0.25, 0.3) is 0 Å². The topological polar surface area (TPSA) is 20.3 Å². The normalized spacial score (nSPS) is 22.1. The summed E-state index contributed by atoms with van der Waals surface area (Å²) in [7, 11) is 0. The molecule has 0 N–H and O–H groups in total. The zero-order chi connectivity index (χ0) is 10.9. The van der Waals surface area contributed by atoms with Crippen molar-refractivity contribution < 1.29 is 4.79 Å². The van der Waals surface area contributed by atoms with Gasteiger partial charge in [-0.1, -0.05) is 51.0 Å². The lowest BCUT2D eigenvalue weighted by Gasteiger charge is -2.17. The highest BCUT2D eigenvalue weighted by Crippen LogP contribution is 2.26. The van der Waals surface area contributed by atoms with Gasteiger partial charge in [0.05, 0.1) is 6.04 Å². The predicted octanol–water partition coefficient (Wildman–Crippen LogP) is 3.27. The number of hydrogen-bond acceptors (Lipinski definition) is 3. The highest BCUT2D eigenvalue weighted by Gasteiger charge is 2.23. The Balaban J connectivity index is 1.97. The molecule has 0 aromatic heterocycles. The Morgan fingerprint density at radius 2 is 2.00 bits per heavy atom. The number of carbonyl (C=O) groups is 1. The number of carbonyl (C=O) groups excluding carboxylic acids is 1. The third-order valence-corrected chi connectivity index (χ3v) is 4.13. The summed E-state index contributed by atoms with van der Waals surface area (Å²) >= 11 is 1.85. The first-order valence-corrected chi connectivity index (χ1v) is 7.17. The van der Waals surface area contributed by atoms with Crippen molar-refractivity contribution in [3.63, 3.8) is 0 Å². The van der Waals surface area contributed by atoms with E-state index >= 15 is 0 Å². The second kappa shape index (κ2) is 8.17. The minimum atomic E-state index is 0.200. The molecule has 0 saturated carbocycles. The average Bonchev–Trinajstić information content (AvgIpc) is 2.70. The number of aldehydes is 1. The molecule has 2 nitrogen and oxygen atoms in total. The number of hydrogen-bond donors (Lipinski definition) is 0. The molecule has 1 heterocycles. The van der Waals surface area contributed by atoms with E-state index in [1.54, 1.807) is 0 Å². The van der Waals surface area contributed by atoms with Crippen molar-refractivity contribution in [3.8, 4) is 0 Å². The van der Waals surface area contributed by atoms with Crippen LogP contribution in [0.1, 0.15) is 51.9 Å². The number of unbranched alkanes of at least 4 members (excludes halogenated alkanes) is 5. The van der Waals surface area contributed by atoms with Crippen LogP contribution in [0, 0.1) is 0 Å². The van der Waals surface area contributed by atoms with Crippen LogP contribution in [0.2, 0.25) is 0 Å². The lowest BCUT2D eigenvalue weighted by molar-refractivity contribution is -0.110. The van der Waals surface area contributed by atoms with Gasteiger partial charge in [0.1, 0.15) is 6.29 Å². The van der Waals surface area contributed by atoms with Crippen molar-refractivity contribution >= 4 is 18.2 Å². The molecular formula is C12H23NOS. The molecule has 15 heavy (non-hydrogen) atoms. The molecule has 1 aliphatic heterocycles. The summed E-state index contributed by atoms with van der Waals surface area (Å²) in [5, 5.41) is 0. The molecule has 0 aliphatic carbocycles. The summed E-state index contributed by atoms with van der Waals surface area (Å²) < 4.78 is 2.27. The van der Waals surface area contributed by atoms with Gasteiger partial charge in [-0.2, -0.15) is 0 Å². The molecule has 1 atom stereocenters. The third-order valence-electron chi connectivity index (χ3n) is 2.93. The Hall–Kier alpha value is -0.0200. The monoisotopic (exact) mass is 229 g/mol. The molecule has 1 fully saturated rings. The molecule has 1 aliphatic rings. The molecule has 0 aromatic rings. The summed E-state index contributed by atoms with van der Waals surface area (Å²) in [5.74, 6) is 1.12. The van der Waals surface area contributed by atoms with Crippen LogP contribution in [0.3, 0.4) is 0 Å². The molecule has 88 valence electrons. The van der Waals surface area contributed by atoms with Gasteiger partial charge in [-0.05, 0) is 12.8 Å². The van der Waals surface area contributed by atoms with E-state index in [1.165, 1.54) is 38.5 Å². The zero-order valence-electron chi connectivity index (χ0n) is 9.78. The average molecular weight is 229 g/mol. The van der Waals surface area contributed by atoms with Crippen LogP contribution in [0.5, 0.6) is 0 Å². The Kier molecular flexibility index (Phi) is 7.11. The predicted molar refractivity (Wildman–Crippen MR) is 67.0 cm³/mol. The Bertz CT molecular complexity index is 175. The van der Waals surface area contributed by atoms with Gasteiger partial charge >= 0.3 is 0 Å². The second-order valence-electron chi connectivity index (χ2n) is 4.23. The highest BCUT2D eigenvalue weighted by molar-refractivity contribution is 7.97. The fourth-order valence-electron chi connectivity index (χ4n) is 1.94. The number of nitrogens with zero attached hydrogens (tertiary/aromatic N) is 1. The van der Waals surface area contributed by atoms with Gasteiger partial charge in [0.2, 0.25) is 0 Å². The van der Waals surface area contributed by atoms with Crippen molar-refractivity contribution in [1.29, 1.82) is 0 Å². The van der Waals surface area contributed by atoms with E-state index in [2.05, 4.69) is 11.2 Å². The van der Waals surface area contributed by atoms with Gasteiger partial charge in [-0.3, -0.25) is 0 Å². The van der Waals surface area contributed by atoms with Crippen LogP contribution in [0.4, 0.5) is 0 Å². The largest absolute Gasteiger partial charge is 0.302 e. The van der Waals surface area contributed by atoms with Crippen molar-refractivity contribution in [3.05, 3.63) is 0 Å². The van der Waals surface area contributed by atoms with Crippen LogP contribution in [-0.4, -0.2) is 28.9 Å². The van der Waals surface area contributed by atoms with Crippen molar-refractivity contribution in [2.75, 3.05) is 12.3 Å². The first kappa shape index (κ1) is 13.0. The second-order valence-corrected chi connectivity index (χ2v) is 5.37. The van der Waals surface area contributed by atoms with Crippen LogP contribution < -0.4 is 0 Å². The van der Waals surface area contributed by atoms with Gasteiger partial charge in [-0.25, -0.2) is 4.31 Å². The van der Waals surface area contributed by atoms with Crippen LogP contribution in [-0.2, 0) is 4.79 Å². The summed E-state index contributed by atoms with van der Waals surface area (Å²) in [5.41, 5.74) is 0. The highest BCUT2D eigenvalue weighted by atomic mass is 32.2. The van der Waals surface area contributed by atoms with Gasteiger partial charge in [0.15, 0.2) is 0 Å². The van der Waals surface area contributed by atoms with Gasteiger partial charge < -0.3 is 4.79 Å². The third kappa shape index (κ3) is 5.03. The zero-order valence-corrected chi connectivity index (χ0v) is 10.6. The van der Waals surface area contributed by atoms with Crippen LogP contribution in [0.15, 0.2) is 0 Å². The smallest absolute Gasteiger partial charge is 0.138 e. The van der Waals surface area contributed by atoms with E-state index < -0.39 is 0 Å². The summed E-state index contributed by atoms with van der Waals surface area (Å²) in [6.07, 6.45) is 10.1. The van der Waals surface area contributed by atoms with E-state index in [0.29, 0.717) is 0 Å². The van der Waals surface area contributed by atoms with E-state index in [1.807, 2.05) is 11.9 Å². The molecular weight excluding hydrogens is 206 g/mol. The number of rotatable bonds is 8. The Morgan fingerprint density at radius 1 is 1.27 bits per heavy atom. The molecule has 0 bridgehead atoms. The fraction of sp³-hybridized carbons (Fsp3) is 0.917. The fourth-order valence-corrected chi connectivity index (χ4v) is 3.13. The molecule has 1 unspecified atom stereocenters. The van der Waals surface area contributed by atoms with Crippen molar-refractivity contribution in [1.82, 2.24) is 4.31 Å². The van der Waals surface area contributed by atoms with E-state index in [0.717, 1.165) is 25.0 Å². The first-order valence-electron chi connectivity index (χ1n) is 6.23. The van der Waals surface area contributed by atoms with Crippen molar-refractivity contribution in [2.24, 2.45) is 0 Å². The maximum absolute atomic E-state index is 10.7. The van der Waals surface area contributed by atoms with E-state index in [9.17, 15) is 4.79 Å². The lowest BCUT2D eigenvalue weighted by Crippen LogP contribution is -2.26. The van der Waals surface area contributed by atoms with Gasteiger partial charge in [0, 0.05) is 12.3 Å². The van der Waals surface area contributed by atoms with Gasteiger partial charge in [0.25, 0.3) is 0 Å². The molecule has 1 saturated heterocycles. The molecule has 3 heteroatoms. The maximum Gasteiger partial charge on any atom is 0.138 e. The van der Waals surface area contributed by atoms with E-state index in [4.69, 9.17) is 0 Å². The Morgan fingerprint density at radius 3 is 2.73 bits per heavy atom. The minimum Gasteiger partial charge on any atom is -0.302 e. The quantitative estimate of drug-likeness (QED) is 0.362. The first-order chi connectivity index (χ1) is 7.38. The molecule has 0 radical (unpaired) electrons. The maximum atomic E-state index is 10.7. The van der Waals surface area contributed by atoms with Crippen LogP contribution >= 0.6 is 11.9 Å². The Labute approximate surface area is 97.9 Å². The lowest BCUT2D eigenvalue weighted by atomic mass is 10.1. The molecule has 0 spiro atoms.